The second kappa shape index (κ2) is 5.41. The Balaban J connectivity index is 2.30. The topological polar surface area (TPSA) is 44.5 Å². The lowest BCUT2D eigenvalue weighted by Crippen LogP contribution is -2.17. The van der Waals surface area contributed by atoms with E-state index in [0.29, 0.717) is 13.2 Å². The third kappa shape index (κ3) is 2.55. The Kier molecular flexibility index (Phi) is 3.89. The van der Waals surface area contributed by atoms with Gasteiger partial charge in [-0.15, -0.1) is 0 Å². The molecule has 1 heterocycles. The lowest BCUT2D eigenvalue weighted by Gasteiger charge is -2.23. The molecule has 0 aromatic heterocycles. The number of benzene rings is 1. The van der Waals surface area contributed by atoms with E-state index < -0.39 is 0 Å². The second-order valence-electron chi connectivity index (χ2n) is 4.57. The zero-order valence-corrected chi connectivity index (χ0v) is 10.7. The van der Waals surface area contributed by atoms with Crippen LogP contribution in [0, 0.1) is 13.8 Å². The third-order valence-electron chi connectivity index (χ3n) is 3.36. The Labute approximate surface area is 103 Å². The van der Waals surface area contributed by atoms with Crippen molar-refractivity contribution in [1.29, 1.82) is 0 Å². The van der Waals surface area contributed by atoms with E-state index in [2.05, 4.69) is 19.9 Å². The molecule has 0 amide bonds. The lowest BCUT2D eigenvalue weighted by molar-refractivity contribution is 0.169. The Morgan fingerprint density at radius 2 is 1.94 bits per heavy atom. The number of nitrogens with two attached hydrogens (primary N) is 1. The molecular weight excluding hydrogens is 214 g/mol. The van der Waals surface area contributed by atoms with Gasteiger partial charge < -0.3 is 15.2 Å². The fraction of sp³-hybridized carbons (Fsp3) is 0.571. The van der Waals surface area contributed by atoms with Crippen molar-refractivity contribution in [1.82, 2.24) is 0 Å². The van der Waals surface area contributed by atoms with Crippen LogP contribution in [0.4, 0.5) is 0 Å². The summed E-state index contributed by atoms with van der Waals surface area (Å²) in [6.07, 6.45) is 3.19. The van der Waals surface area contributed by atoms with Crippen molar-refractivity contribution in [2.75, 3.05) is 19.8 Å². The van der Waals surface area contributed by atoms with Crippen molar-refractivity contribution in [2.45, 2.75) is 33.1 Å². The van der Waals surface area contributed by atoms with Crippen LogP contribution in [-0.2, 0) is 6.42 Å². The predicted molar refractivity (Wildman–Crippen MR) is 68.9 cm³/mol. The minimum atomic E-state index is 0.651. The summed E-state index contributed by atoms with van der Waals surface area (Å²) in [7, 11) is 0. The van der Waals surface area contributed by atoms with E-state index in [1.165, 1.54) is 16.7 Å². The minimum absolute atomic E-state index is 0.651. The van der Waals surface area contributed by atoms with Crippen molar-refractivity contribution in [3.8, 4) is 11.5 Å². The SMILES string of the molecule is Cc1cc2c(c(CCCCN)c1C)OCCO2. The van der Waals surface area contributed by atoms with Gasteiger partial charge >= 0.3 is 0 Å². The first-order chi connectivity index (χ1) is 8.24. The van der Waals surface area contributed by atoms with Gasteiger partial charge in [-0.05, 0) is 56.8 Å². The van der Waals surface area contributed by atoms with Crippen LogP contribution in [0.1, 0.15) is 29.5 Å². The smallest absolute Gasteiger partial charge is 0.164 e. The maximum absolute atomic E-state index is 5.76. The number of hydrogen-bond donors (Lipinski definition) is 1. The van der Waals surface area contributed by atoms with E-state index in [1.54, 1.807) is 0 Å². The van der Waals surface area contributed by atoms with Gasteiger partial charge in [-0.1, -0.05) is 0 Å². The number of unbranched alkanes of at least 4 members (excludes halogenated alkanes) is 1. The van der Waals surface area contributed by atoms with E-state index in [0.717, 1.165) is 37.3 Å². The fourth-order valence-corrected chi connectivity index (χ4v) is 2.24. The van der Waals surface area contributed by atoms with Gasteiger partial charge in [0, 0.05) is 5.56 Å². The van der Waals surface area contributed by atoms with Crippen molar-refractivity contribution < 1.29 is 9.47 Å². The van der Waals surface area contributed by atoms with Gasteiger partial charge in [0.15, 0.2) is 11.5 Å². The van der Waals surface area contributed by atoms with Crippen LogP contribution >= 0.6 is 0 Å². The molecule has 0 saturated heterocycles. The van der Waals surface area contributed by atoms with Gasteiger partial charge in [0.25, 0.3) is 0 Å². The molecule has 0 unspecified atom stereocenters. The standard InChI is InChI=1S/C14H21NO2/c1-10-9-13-14(17-8-7-16-13)12(11(10)2)5-3-4-6-15/h9H,3-8,15H2,1-2H3. The number of rotatable bonds is 4. The molecule has 1 aromatic rings. The van der Waals surface area contributed by atoms with Gasteiger partial charge in [-0.2, -0.15) is 0 Å². The highest BCUT2D eigenvalue weighted by Gasteiger charge is 2.19. The molecule has 1 aliphatic heterocycles. The molecule has 1 aliphatic rings. The molecule has 94 valence electrons. The summed E-state index contributed by atoms with van der Waals surface area (Å²) in [6, 6.07) is 2.08. The van der Waals surface area contributed by atoms with Crippen LogP contribution in [-0.4, -0.2) is 19.8 Å². The van der Waals surface area contributed by atoms with Crippen molar-refractivity contribution >= 4 is 0 Å². The van der Waals surface area contributed by atoms with Crippen LogP contribution in [0.15, 0.2) is 6.07 Å². The molecule has 2 N–H and O–H groups in total. The first kappa shape index (κ1) is 12.2. The fourth-order valence-electron chi connectivity index (χ4n) is 2.24. The van der Waals surface area contributed by atoms with Crippen LogP contribution < -0.4 is 15.2 Å². The molecule has 0 fully saturated rings. The van der Waals surface area contributed by atoms with Crippen molar-refractivity contribution in [3.63, 3.8) is 0 Å². The molecule has 0 bridgehead atoms. The van der Waals surface area contributed by atoms with E-state index >= 15 is 0 Å². The number of fused-ring (bicyclic) bond motifs is 1. The first-order valence-electron chi connectivity index (χ1n) is 6.32. The monoisotopic (exact) mass is 235 g/mol. The molecule has 0 radical (unpaired) electrons. The maximum atomic E-state index is 5.76. The highest BCUT2D eigenvalue weighted by molar-refractivity contribution is 5.54. The summed E-state index contributed by atoms with van der Waals surface area (Å²) < 4.78 is 11.4. The third-order valence-corrected chi connectivity index (χ3v) is 3.36. The summed E-state index contributed by atoms with van der Waals surface area (Å²) in [5, 5.41) is 0. The van der Waals surface area contributed by atoms with Crippen LogP contribution in [0.25, 0.3) is 0 Å². The molecule has 0 saturated carbocycles. The van der Waals surface area contributed by atoms with Crippen molar-refractivity contribution in [3.05, 3.63) is 22.8 Å². The predicted octanol–water partition coefficient (Wildman–Crippen LogP) is 2.36. The first-order valence-corrected chi connectivity index (χ1v) is 6.32. The van der Waals surface area contributed by atoms with Crippen molar-refractivity contribution in [2.24, 2.45) is 5.73 Å². The highest BCUT2D eigenvalue weighted by Crippen LogP contribution is 2.38. The molecule has 3 heteroatoms. The molecule has 0 atom stereocenters. The lowest BCUT2D eigenvalue weighted by atomic mass is 9.97. The van der Waals surface area contributed by atoms with Crippen LogP contribution in [0.3, 0.4) is 0 Å². The molecule has 2 rings (SSSR count). The van der Waals surface area contributed by atoms with Gasteiger partial charge in [-0.25, -0.2) is 0 Å². The molecule has 3 nitrogen and oxygen atoms in total. The average Bonchev–Trinajstić information content (AvgIpc) is 2.34. The maximum Gasteiger partial charge on any atom is 0.164 e. The van der Waals surface area contributed by atoms with Gasteiger partial charge in [0.1, 0.15) is 13.2 Å². The highest BCUT2D eigenvalue weighted by atomic mass is 16.6. The molecular formula is C14H21NO2. The Morgan fingerprint density at radius 1 is 1.18 bits per heavy atom. The summed E-state index contributed by atoms with van der Waals surface area (Å²) in [5.41, 5.74) is 9.44. The number of ether oxygens (including phenoxy) is 2. The zero-order chi connectivity index (χ0) is 12.3. The normalized spacial score (nSPS) is 13.8. The summed E-state index contributed by atoms with van der Waals surface area (Å²) in [5.74, 6) is 1.86. The zero-order valence-electron chi connectivity index (χ0n) is 10.7. The van der Waals surface area contributed by atoms with E-state index in [4.69, 9.17) is 15.2 Å². The minimum Gasteiger partial charge on any atom is -0.486 e. The molecule has 17 heavy (non-hydrogen) atoms. The van der Waals surface area contributed by atoms with Gasteiger partial charge in [-0.3, -0.25) is 0 Å². The van der Waals surface area contributed by atoms with E-state index in [9.17, 15) is 0 Å². The van der Waals surface area contributed by atoms with Gasteiger partial charge in [0.05, 0.1) is 0 Å². The quantitative estimate of drug-likeness (QED) is 0.815. The second-order valence-corrected chi connectivity index (χ2v) is 4.57. The Morgan fingerprint density at radius 3 is 2.71 bits per heavy atom. The molecule has 0 spiro atoms. The van der Waals surface area contributed by atoms with Crippen LogP contribution in [0.5, 0.6) is 11.5 Å². The number of aryl methyl sites for hydroxylation is 1. The largest absolute Gasteiger partial charge is 0.486 e. The average molecular weight is 235 g/mol. The number of hydrogen-bond acceptors (Lipinski definition) is 3. The van der Waals surface area contributed by atoms with Crippen LogP contribution in [0.2, 0.25) is 0 Å². The van der Waals surface area contributed by atoms with Gasteiger partial charge in [0.2, 0.25) is 0 Å². The molecule has 0 aliphatic carbocycles. The summed E-state index contributed by atoms with van der Waals surface area (Å²) >= 11 is 0. The van der Waals surface area contributed by atoms with E-state index in [-0.39, 0.29) is 0 Å². The summed E-state index contributed by atoms with van der Waals surface area (Å²) in [6.45, 7) is 6.34. The summed E-state index contributed by atoms with van der Waals surface area (Å²) in [4.78, 5) is 0. The van der Waals surface area contributed by atoms with E-state index in [1.807, 2.05) is 0 Å². The Hall–Kier alpha value is -1.22. The Bertz CT molecular complexity index is 402. The molecule has 1 aromatic carbocycles.